The zero-order valence-electron chi connectivity index (χ0n) is 8.90. The number of nitrogens with two attached hydrogens (primary N) is 1. The van der Waals surface area contributed by atoms with E-state index in [2.05, 4.69) is 10.4 Å². The number of rotatable bonds is 4. The van der Waals surface area contributed by atoms with Crippen LogP contribution in [0.2, 0.25) is 0 Å². The largest absolute Gasteiger partial charge is 0.396 e. The van der Waals surface area contributed by atoms with Crippen molar-refractivity contribution in [1.29, 1.82) is 0 Å². The van der Waals surface area contributed by atoms with Gasteiger partial charge in [-0.2, -0.15) is 5.10 Å². The molecule has 0 spiro atoms. The van der Waals surface area contributed by atoms with Gasteiger partial charge in [-0.3, -0.25) is 9.48 Å². The molecule has 0 unspecified atom stereocenters. The molecule has 4 N–H and O–H groups in total. The van der Waals surface area contributed by atoms with E-state index in [9.17, 15) is 4.79 Å². The number of aliphatic hydroxyl groups excluding tert-OH is 1. The van der Waals surface area contributed by atoms with E-state index in [-0.39, 0.29) is 19.1 Å². The molecule has 6 nitrogen and oxygen atoms in total. The summed E-state index contributed by atoms with van der Waals surface area (Å²) >= 11 is 0. The van der Waals surface area contributed by atoms with Crippen LogP contribution in [0.5, 0.6) is 0 Å². The minimum absolute atomic E-state index is 0.0978. The van der Waals surface area contributed by atoms with Gasteiger partial charge in [-0.15, -0.1) is 0 Å². The number of nitrogen functional groups attached to an aromatic ring is 1. The molecule has 6 heteroatoms. The first-order chi connectivity index (χ1) is 6.93. The SMILES string of the molecule is CC(C)(CO)NC(=O)Cn1cc(N)cn1. The molecule has 0 aromatic carbocycles. The lowest BCUT2D eigenvalue weighted by molar-refractivity contribution is -0.123. The molecule has 0 radical (unpaired) electrons. The van der Waals surface area contributed by atoms with E-state index in [1.54, 1.807) is 20.0 Å². The maximum atomic E-state index is 11.5. The third-order valence-corrected chi connectivity index (χ3v) is 1.83. The standard InChI is InChI=1S/C9H16N4O2/c1-9(2,6-14)12-8(15)5-13-4-7(10)3-11-13/h3-4,14H,5-6,10H2,1-2H3,(H,12,15). The van der Waals surface area contributed by atoms with E-state index >= 15 is 0 Å². The lowest BCUT2D eigenvalue weighted by Crippen LogP contribution is -2.47. The van der Waals surface area contributed by atoms with Crippen LogP contribution >= 0.6 is 0 Å². The molecule has 0 aliphatic carbocycles. The number of aliphatic hydroxyl groups is 1. The fourth-order valence-electron chi connectivity index (χ4n) is 1.07. The maximum Gasteiger partial charge on any atom is 0.242 e. The molecular formula is C9H16N4O2. The van der Waals surface area contributed by atoms with Crippen LogP contribution in [-0.4, -0.2) is 32.9 Å². The molecule has 15 heavy (non-hydrogen) atoms. The van der Waals surface area contributed by atoms with Crippen molar-refractivity contribution in [3.8, 4) is 0 Å². The summed E-state index contributed by atoms with van der Waals surface area (Å²) < 4.78 is 1.44. The molecule has 1 rings (SSSR count). The van der Waals surface area contributed by atoms with Gasteiger partial charge in [-0.1, -0.05) is 0 Å². The van der Waals surface area contributed by atoms with Crippen LogP contribution in [0.25, 0.3) is 0 Å². The number of amides is 1. The molecule has 0 bridgehead atoms. The average molecular weight is 212 g/mol. The van der Waals surface area contributed by atoms with Gasteiger partial charge < -0.3 is 16.2 Å². The van der Waals surface area contributed by atoms with Gasteiger partial charge in [-0.05, 0) is 13.8 Å². The van der Waals surface area contributed by atoms with Gasteiger partial charge >= 0.3 is 0 Å². The summed E-state index contributed by atoms with van der Waals surface area (Å²) in [7, 11) is 0. The lowest BCUT2D eigenvalue weighted by Gasteiger charge is -2.23. The third-order valence-electron chi connectivity index (χ3n) is 1.83. The van der Waals surface area contributed by atoms with Gasteiger partial charge in [0.1, 0.15) is 6.54 Å². The van der Waals surface area contributed by atoms with Crippen LogP contribution in [-0.2, 0) is 11.3 Å². The normalized spacial score (nSPS) is 11.4. The van der Waals surface area contributed by atoms with Crippen LogP contribution in [0, 0.1) is 0 Å². The Balaban J connectivity index is 2.50. The van der Waals surface area contributed by atoms with Gasteiger partial charge in [0.25, 0.3) is 0 Å². The lowest BCUT2D eigenvalue weighted by atomic mass is 10.1. The number of carbonyl (C=O) groups is 1. The number of aromatic nitrogens is 2. The van der Waals surface area contributed by atoms with E-state index in [1.807, 2.05) is 0 Å². The van der Waals surface area contributed by atoms with Gasteiger partial charge in [0.2, 0.25) is 5.91 Å². The zero-order chi connectivity index (χ0) is 11.5. The van der Waals surface area contributed by atoms with E-state index < -0.39 is 5.54 Å². The molecule has 84 valence electrons. The molecule has 1 heterocycles. The highest BCUT2D eigenvalue weighted by atomic mass is 16.3. The van der Waals surface area contributed by atoms with Crippen LogP contribution < -0.4 is 11.1 Å². The van der Waals surface area contributed by atoms with E-state index in [0.29, 0.717) is 5.69 Å². The molecule has 0 saturated carbocycles. The van der Waals surface area contributed by atoms with E-state index in [0.717, 1.165) is 0 Å². The number of carbonyl (C=O) groups excluding carboxylic acids is 1. The maximum absolute atomic E-state index is 11.5. The molecule has 0 aliphatic heterocycles. The Morgan fingerprint density at radius 1 is 1.73 bits per heavy atom. The number of hydrogen-bond acceptors (Lipinski definition) is 4. The third kappa shape index (κ3) is 3.59. The van der Waals surface area contributed by atoms with Crippen LogP contribution in [0.3, 0.4) is 0 Å². The van der Waals surface area contributed by atoms with Crippen molar-refractivity contribution in [2.75, 3.05) is 12.3 Å². The predicted molar refractivity (Wildman–Crippen MR) is 55.9 cm³/mol. The van der Waals surface area contributed by atoms with Gasteiger partial charge in [0, 0.05) is 6.20 Å². The number of nitrogens with one attached hydrogen (secondary N) is 1. The quantitative estimate of drug-likeness (QED) is 0.618. The monoisotopic (exact) mass is 212 g/mol. The first kappa shape index (κ1) is 11.5. The number of nitrogens with zero attached hydrogens (tertiary/aromatic N) is 2. The van der Waals surface area contributed by atoms with Crippen molar-refractivity contribution in [3.63, 3.8) is 0 Å². The van der Waals surface area contributed by atoms with Gasteiger partial charge in [0.05, 0.1) is 24.0 Å². The summed E-state index contributed by atoms with van der Waals surface area (Å²) in [5, 5.41) is 15.5. The second-order valence-electron chi connectivity index (χ2n) is 4.06. The van der Waals surface area contributed by atoms with Crippen molar-refractivity contribution in [1.82, 2.24) is 15.1 Å². The minimum atomic E-state index is -0.615. The Hall–Kier alpha value is -1.56. The second-order valence-corrected chi connectivity index (χ2v) is 4.06. The summed E-state index contributed by atoms with van der Waals surface area (Å²) in [6.45, 7) is 3.46. The molecule has 0 aliphatic rings. The molecule has 1 aromatic heterocycles. The molecule has 0 saturated heterocycles. The van der Waals surface area contributed by atoms with Crippen molar-refractivity contribution in [3.05, 3.63) is 12.4 Å². The molecule has 1 aromatic rings. The van der Waals surface area contributed by atoms with Crippen LogP contribution in [0.1, 0.15) is 13.8 Å². The van der Waals surface area contributed by atoms with Crippen molar-refractivity contribution in [2.24, 2.45) is 0 Å². The van der Waals surface area contributed by atoms with E-state index in [4.69, 9.17) is 10.8 Å². The van der Waals surface area contributed by atoms with E-state index in [1.165, 1.54) is 10.9 Å². The Morgan fingerprint density at radius 3 is 2.87 bits per heavy atom. The Kier molecular flexibility index (Phi) is 3.31. The molecule has 1 amide bonds. The zero-order valence-corrected chi connectivity index (χ0v) is 8.90. The fraction of sp³-hybridized carbons (Fsp3) is 0.556. The number of anilines is 1. The summed E-state index contributed by atoms with van der Waals surface area (Å²) in [6.07, 6.45) is 3.05. The Morgan fingerprint density at radius 2 is 2.40 bits per heavy atom. The summed E-state index contributed by atoms with van der Waals surface area (Å²) in [6, 6.07) is 0. The van der Waals surface area contributed by atoms with Crippen LogP contribution in [0.4, 0.5) is 5.69 Å². The highest BCUT2D eigenvalue weighted by Gasteiger charge is 2.19. The Labute approximate surface area is 88.1 Å². The smallest absolute Gasteiger partial charge is 0.242 e. The topological polar surface area (TPSA) is 93.2 Å². The fourth-order valence-corrected chi connectivity index (χ4v) is 1.07. The molecule has 0 atom stereocenters. The predicted octanol–water partition coefficient (Wildman–Crippen LogP) is -0.648. The summed E-state index contributed by atoms with van der Waals surface area (Å²) in [5.74, 6) is -0.211. The first-order valence-corrected chi connectivity index (χ1v) is 4.63. The Bertz CT molecular complexity index is 346. The van der Waals surface area contributed by atoms with Crippen molar-refractivity contribution in [2.45, 2.75) is 25.9 Å². The summed E-state index contributed by atoms with van der Waals surface area (Å²) in [5.41, 5.74) is 5.36. The first-order valence-electron chi connectivity index (χ1n) is 4.63. The highest BCUT2D eigenvalue weighted by Crippen LogP contribution is 2.01. The van der Waals surface area contributed by atoms with Crippen molar-refractivity contribution >= 4 is 11.6 Å². The molecular weight excluding hydrogens is 196 g/mol. The second kappa shape index (κ2) is 4.31. The average Bonchev–Trinajstić information content (AvgIpc) is 2.50. The molecule has 0 fully saturated rings. The highest BCUT2D eigenvalue weighted by molar-refractivity contribution is 5.76. The minimum Gasteiger partial charge on any atom is -0.396 e. The van der Waals surface area contributed by atoms with Crippen LogP contribution in [0.15, 0.2) is 12.4 Å². The van der Waals surface area contributed by atoms with Gasteiger partial charge in [-0.25, -0.2) is 0 Å². The number of hydrogen-bond donors (Lipinski definition) is 3. The van der Waals surface area contributed by atoms with Crippen molar-refractivity contribution < 1.29 is 9.90 Å². The summed E-state index contributed by atoms with van der Waals surface area (Å²) in [4.78, 5) is 11.5. The van der Waals surface area contributed by atoms with Gasteiger partial charge in [0.15, 0.2) is 0 Å².